The van der Waals surface area contributed by atoms with E-state index < -0.39 is 48.2 Å². The molecule has 0 aromatic heterocycles. The van der Waals surface area contributed by atoms with E-state index in [0.717, 1.165) is 25.3 Å². The van der Waals surface area contributed by atoms with Crippen LogP contribution in [0.25, 0.3) is 10.8 Å². The van der Waals surface area contributed by atoms with Crippen LogP contribution in [0.4, 0.5) is 11.4 Å². The van der Waals surface area contributed by atoms with Gasteiger partial charge in [-0.2, -0.15) is 4.72 Å². The molecule has 3 aromatic carbocycles. The largest absolute Gasteiger partial charge is 0.468 e. The van der Waals surface area contributed by atoms with Gasteiger partial charge in [-0.15, -0.1) is 0 Å². The minimum Gasteiger partial charge on any atom is -0.468 e. The van der Waals surface area contributed by atoms with Crippen molar-refractivity contribution in [1.82, 2.24) is 4.72 Å². The van der Waals surface area contributed by atoms with Gasteiger partial charge >= 0.3 is 5.97 Å². The summed E-state index contributed by atoms with van der Waals surface area (Å²) in [6.07, 6.45) is -0.0783. The first-order chi connectivity index (χ1) is 15.9. The number of fused-ring (bicyclic) bond motifs is 1. The van der Waals surface area contributed by atoms with Crippen LogP contribution in [0.3, 0.4) is 0 Å². The van der Waals surface area contributed by atoms with Crippen molar-refractivity contribution in [1.29, 1.82) is 0 Å². The molecule has 34 heavy (non-hydrogen) atoms. The number of nitro benzene ring substituents is 2. The number of hydrogen-bond acceptors (Lipinski definition) is 8. The van der Waals surface area contributed by atoms with E-state index in [1.54, 1.807) is 18.2 Å². The number of sulfonamides is 1. The first kappa shape index (κ1) is 25.7. The van der Waals surface area contributed by atoms with E-state index >= 15 is 0 Å². The average Bonchev–Trinajstić information content (AvgIpc) is 2.75. The third-order valence-electron chi connectivity index (χ3n) is 4.76. The van der Waals surface area contributed by atoms with Crippen LogP contribution in [0.1, 0.15) is 5.56 Å². The van der Waals surface area contributed by atoms with E-state index in [9.17, 15) is 33.4 Å². The van der Waals surface area contributed by atoms with Gasteiger partial charge < -0.3 is 4.74 Å². The Bertz CT molecular complexity index is 1410. The smallest absolute Gasteiger partial charge is 0.324 e. The Morgan fingerprint density at radius 2 is 1.65 bits per heavy atom. The summed E-state index contributed by atoms with van der Waals surface area (Å²) < 4.78 is 34.6. The normalized spacial score (nSPS) is 12.3. The van der Waals surface area contributed by atoms with Gasteiger partial charge in [-0.05, 0) is 41.6 Å². The van der Waals surface area contributed by atoms with Gasteiger partial charge in [0.05, 0.1) is 21.9 Å². The second-order valence-corrected chi connectivity index (χ2v) is 10.6. The number of hydrogen-bond donors (Lipinski definition) is 1. The molecule has 0 spiro atoms. The van der Waals surface area contributed by atoms with Crippen molar-refractivity contribution < 1.29 is 27.8 Å². The molecule has 0 radical (unpaired) electrons. The monoisotopic (exact) mass is 615 g/mol. The van der Waals surface area contributed by atoms with Gasteiger partial charge in [-0.3, -0.25) is 25.0 Å². The molecule has 11 nitrogen and oxygen atoms in total. The van der Waals surface area contributed by atoms with Crippen LogP contribution in [0.2, 0.25) is 0 Å². The van der Waals surface area contributed by atoms with E-state index in [4.69, 9.17) is 4.74 Å². The Morgan fingerprint density at radius 3 is 2.21 bits per heavy atom. The molecule has 1 N–H and O–H groups in total. The van der Waals surface area contributed by atoms with Gasteiger partial charge in [0.2, 0.25) is 10.0 Å². The zero-order valence-corrected chi connectivity index (χ0v) is 21.2. The van der Waals surface area contributed by atoms with Crippen molar-refractivity contribution in [3.8, 4) is 0 Å². The SMILES string of the molecule is COC(=O)C(Cc1cc(Br)cc(Br)c1)NS(=O)(=O)c1cc([N+](=O)[O-])c2c([N+](=O)[O-])cccc2c1. The summed E-state index contributed by atoms with van der Waals surface area (Å²) in [6.45, 7) is 0. The third kappa shape index (κ3) is 5.58. The highest BCUT2D eigenvalue weighted by Crippen LogP contribution is 2.36. The van der Waals surface area contributed by atoms with Gasteiger partial charge in [-0.25, -0.2) is 8.42 Å². The predicted molar refractivity (Wildman–Crippen MR) is 129 cm³/mol. The van der Waals surface area contributed by atoms with Crippen LogP contribution >= 0.6 is 31.9 Å². The van der Waals surface area contributed by atoms with E-state index in [2.05, 4.69) is 36.6 Å². The van der Waals surface area contributed by atoms with Crippen molar-refractivity contribution in [2.75, 3.05) is 7.11 Å². The van der Waals surface area contributed by atoms with E-state index in [-0.39, 0.29) is 17.2 Å². The number of benzene rings is 3. The molecule has 3 rings (SSSR count). The van der Waals surface area contributed by atoms with Crippen molar-refractivity contribution in [3.63, 3.8) is 0 Å². The van der Waals surface area contributed by atoms with Crippen molar-refractivity contribution >= 4 is 70.0 Å². The molecule has 0 aliphatic rings. The highest BCUT2D eigenvalue weighted by atomic mass is 79.9. The highest BCUT2D eigenvalue weighted by Gasteiger charge is 2.30. The molecule has 178 valence electrons. The lowest BCUT2D eigenvalue weighted by atomic mass is 10.1. The number of methoxy groups -OCH3 is 1. The number of nitrogens with zero attached hydrogens (tertiary/aromatic N) is 2. The second kappa shape index (κ2) is 10.1. The molecule has 0 fully saturated rings. The van der Waals surface area contributed by atoms with Crippen LogP contribution in [-0.4, -0.2) is 37.4 Å². The Morgan fingerprint density at radius 1 is 1.03 bits per heavy atom. The average molecular weight is 617 g/mol. The van der Waals surface area contributed by atoms with Crippen molar-refractivity contribution in [2.45, 2.75) is 17.4 Å². The van der Waals surface area contributed by atoms with Gasteiger partial charge in [0.25, 0.3) is 11.4 Å². The summed E-state index contributed by atoms with van der Waals surface area (Å²) in [6, 6.07) is 9.28. The summed E-state index contributed by atoms with van der Waals surface area (Å²) in [5.74, 6) is -0.870. The minimum absolute atomic E-state index is 0.0192. The lowest BCUT2D eigenvalue weighted by Gasteiger charge is -2.17. The molecule has 0 saturated carbocycles. The zero-order chi connectivity index (χ0) is 25.2. The molecular formula is C20H15Br2N3O8S. The maximum Gasteiger partial charge on any atom is 0.324 e. The van der Waals surface area contributed by atoms with Crippen LogP contribution < -0.4 is 4.72 Å². The fraction of sp³-hybridized carbons (Fsp3) is 0.150. The number of carbonyl (C=O) groups is 1. The number of nitro groups is 2. The number of halogens is 2. The number of ether oxygens (including phenoxy) is 1. The fourth-order valence-corrected chi connectivity index (χ4v) is 5.97. The molecule has 1 unspecified atom stereocenters. The number of carbonyl (C=O) groups excluding carboxylic acids is 1. The Hall–Kier alpha value is -2.94. The number of nitrogens with one attached hydrogen (secondary N) is 1. The number of esters is 1. The predicted octanol–water partition coefficient (Wildman–Crippen LogP) is 4.24. The quantitative estimate of drug-likeness (QED) is 0.223. The molecule has 0 aliphatic carbocycles. The Labute approximate surface area is 209 Å². The lowest BCUT2D eigenvalue weighted by Crippen LogP contribution is -2.43. The Kier molecular flexibility index (Phi) is 7.65. The third-order valence-corrected chi connectivity index (χ3v) is 7.12. The van der Waals surface area contributed by atoms with E-state index in [0.29, 0.717) is 14.5 Å². The van der Waals surface area contributed by atoms with Crippen molar-refractivity contribution in [2.24, 2.45) is 0 Å². The maximum atomic E-state index is 13.1. The molecule has 0 amide bonds. The Balaban J connectivity index is 2.08. The molecule has 0 aliphatic heterocycles. The maximum absolute atomic E-state index is 13.1. The lowest BCUT2D eigenvalue weighted by molar-refractivity contribution is -0.390. The standard InChI is InChI=1S/C20H15Br2N3O8S/c1-33-20(26)16(7-11-5-13(21)9-14(22)6-11)23-34(31,32)15-8-12-3-2-4-17(24(27)28)19(12)18(10-15)25(29)30/h2-6,8-10,16,23H,7H2,1H3. The van der Waals surface area contributed by atoms with Gasteiger partial charge in [0.15, 0.2) is 0 Å². The molecule has 3 aromatic rings. The van der Waals surface area contributed by atoms with Crippen LogP contribution in [-0.2, 0) is 26.0 Å². The van der Waals surface area contributed by atoms with Crippen LogP contribution in [0.5, 0.6) is 0 Å². The second-order valence-electron chi connectivity index (χ2n) is 7.01. The van der Waals surface area contributed by atoms with Crippen LogP contribution in [0, 0.1) is 20.2 Å². The van der Waals surface area contributed by atoms with Crippen LogP contribution in [0.15, 0.2) is 62.4 Å². The highest BCUT2D eigenvalue weighted by molar-refractivity contribution is 9.11. The topological polar surface area (TPSA) is 159 Å². The summed E-state index contributed by atoms with van der Waals surface area (Å²) in [7, 11) is -3.39. The summed E-state index contributed by atoms with van der Waals surface area (Å²) in [5, 5.41) is 22.7. The van der Waals surface area contributed by atoms with E-state index in [1.807, 2.05) is 0 Å². The zero-order valence-electron chi connectivity index (χ0n) is 17.2. The van der Waals surface area contributed by atoms with Gasteiger partial charge in [0, 0.05) is 21.1 Å². The summed E-state index contributed by atoms with van der Waals surface area (Å²) in [5.41, 5.74) is -0.691. The number of non-ortho nitro benzene ring substituents is 2. The summed E-state index contributed by atoms with van der Waals surface area (Å²) in [4.78, 5) is 33.1. The number of rotatable bonds is 8. The molecule has 0 saturated heterocycles. The molecule has 1 atom stereocenters. The molecular weight excluding hydrogens is 602 g/mol. The van der Waals surface area contributed by atoms with Gasteiger partial charge in [-0.1, -0.05) is 44.0 Å². The molecule has 14 heteroatoms. The van der Waals surface area contributed by atoms with Crippen molar-refractivity contribution in [3.05, 3.63) is 83.3 Å². The minimum atomic E-state index is -4.48. The summed E-state index contributed by atoms with van der Waals surface area (Å²) >= 11 is 6.64. The molecule has 0 bridgehead atoms. The first-order valence-electron chi connectivity index (χ1n) is 9.33. The molecule has 0 heterocycles. The van der Waals surface area contributed by atoms with Gasteiger partial charge in [0.1, 0.15) is 11.4 Å². The fourth-order valence-electron chi connectivity index (χ4n) is 3.35. The first-order valence-corrected chi connectivity index (χ1v) is 12.4. The van der Waals surface area contributed by atoms with E-state index in [1.165, 1.54) is 12.1 Å².